The lowest BCUT2D eigenvalue weighted by Crippen LogP contribution is -2.44. The maximum atomic E-state index is 5.72. The highest BCUT2D eigenvalue weighted by Crippen LogP contribution is 2.28. The predicted molar refractivity (Wildman–Crippen MR) is 104 cm³/mol. The summed E-state index contributed by atoms with van der Waals surface area (Å²) in [4.78, 5) is 7.36. The Balaban J connectivity index is 1.31. The Morgan fingerprint density at radius 2 is 1.63 bits per heavy atom. The summed E-state index contributed by atoms with van der Waals surface area (Å²) in [5.41, 5.74) is 0. The van der Waals surface area contributed by atoms with E-state index in [9.17, 15) is 0 Å². The summed E-state index contributed by atoms with van der Waals surface area (Å²) in [5, 5.41) is 9.09. The fourth-order valence-corrected chi connectivity index (χ4v) is 4.21. The molecule has 0 aromatic carbocycles. The molecule has 0 N–H and O–H groups in total. The highest BCUT2D eigenvalue weighted by atomic mass is 16.3. The number of hydrogen-bond donors (Lipinski definition) is 0. The summed E-state index contributed by atoms with van der Waals surface area (Å²) in [7, 11) is 4.33. The van der Waals surface area contributed by atoms with Gasteiger partial charge >= 0.3 is 0 Å². The van der Waals surface area contributed by atoms with Crippen LogP contribution in [0, 0.1) is 6.92 Å². The summed E-state index contributed by atoms with van der Waals surface area (Å²) in [6.07, 6.45) is 2.28. The Bertz CT molecular complexity index is 737. The SMILES string of the molecule is Cc1ccc(CN2CCC(c3nnc(CN4CCN(C)CC4)n3C)CC2)o1. The molecule has 0 bridgehead atoms. The van der Waals surface area contributed by atoms with Gasteiger partial charge in [0.25, 0.3) is 0 Å². The van der Waals surface area contributed by atoms with E-state index in [0.717, 1.165) is 88.4 Å². The lowest BCUT2D eigenvalue weighted by Gasteiger charge is -2.32. The number of piperidine rings is 1. The molecule has 0 atom stereocenters. The van der Waals surface area contributed by atoms with Gasteiger partial charge in [-0.05, 0) is 52.0 Å². The molecule has 2 aliphatic rings. The molecule has 2 fully saturated rings. The number of likely N-dealkylation sites (N-methyl/N-ethyl adjacent to an activating group) is 1. The van der Waals surface area contributed by atoms with Crippen LogP contribution in [0.4, 0.5) is 0 Å². The highest BCUT2D eigenvalue weighted by molar-refractivity contribution is 5.07. The van der Waals surface area contributed by atoms with Crippen molar-refractivity contribution < 1.29 is 4.42 Å². The minimum absolute atomic E-state index is 0.512. The number of piperazine rings is 1. The zero-order valence-corrected chi connectivity index (χ0v) is 16.9. The zero-order valence-electron chi connectivity index (χ0n) is 16.9. The van der Waals surface area contributed by atoms with Gasteiger partial charge in [-0.2, -0.15) is 0 Å². The molecule has 0 unspecified atom stereocenters. The standard InChI is InChI=1S/C20H32N6O/c1-16-4-5-18(27-16)14-25-8-6-17(7-9-25)20-22-21-19(24(20)3)15-26-12-10-23(2)11-13-26/h4-5,17H,6-15H2,1-3H3. The fourth-order valence-electron chi connectivity index (χ4n) is 4.21. The molecule has 7 nitrogen and oxygen atoms in total. The third kappa shape index (κ3) is 4.42. The second kappa shape index (κ2) is 8.12. The molecule has 4 heterocycles. The van der Waals surface area contributed by atoms with Gasteiger partial charge in [0.05, 0.1) is 13.1 Å². The van der Waals surface area contributed by atoms with Crippen molar-refractivity contribution in [3.05, 3.63) is 35.3 Å². The Hall–Kier alpha value is -1.70. The van der Waals surface area contributed by atoms with E-state index in [1.165, 1.54) is 0 Å². The summed E-state index contributed by atoms with van der Waals surface area (Å²) in [6.45, 7) is 10.5. The number of likely N-dealkylation sites (tertiary alicyclic amines) is 1. The molecule has 0 aliphatic carbocycles. The lowest BCUT2D eigenvalue weighted by atomic mass is 9.96. The van der Waals surface area contributed by atoms with E-state index in [1.54, 1.807) is 0 Å². The van der Waals surface area contributed by atoms with Crippen molar-refractivity contribution in [2.75, 3.05) is 46.3 Å². The molecule has 7 heteroatoms. The van der Waals surface area contributed by atoms with E-state index in [2.05, 4.69) is 49.6 Å². The molecule has 148 valence electrons. The third-order valence-corrected chi connectivity index (χ3v) is 6.09. The van der Waals surface area contributed by atoms with E-state index < -0.39 is 0 Å². The molecule has 4 rings (SSSR count). The molecule has 0 amide bonds. The van der Waals surface area contributed by atoms with Crippen LogP contribution in [-0.2, 0) is 20.1 Å². The highest BCUT2D eigenvalue weighted by Gasteiger charge is 2.26. The summed E-state index contributed by atoms with van der Waals surface area (Å²) >= 11 is 0. The van der Waals surface area contributed by atoms with E-state index in [4.69, 9.17) is 4.42 Å². The molecule has 0 saturated carbocycles. The maximum Gasteiger partial charge on any atom is 0.146 e. The quantitative estimate of drug-likeness (QED) is 0.798. The number of aromatic nitrogens is 3. The fraction of sp³-hybridized carbons (Fsp3) is 0.700. The van der Waals surface area contributed by atoms with Gasteiger partial charge in [0.2, 0.25) is 0 Å². The number of rotatable bonds is 5. The number of furan rings is 1. The van der Waals surface area contributed by atoms with Crippen molar-refractivity contribution in [1.82, 2.24) is 29.5 Å². The molecule has 2 aliphatic heterocycles. The molecule has 2 aromatic heterocycles. The van der Waals surface area contributed by atoms with Gasteiger partial charge in [0.1, 0.15) is 23.2 Å². The van der Waals surface area contributed by atoms with Gasteiger partial charge in [-0.3, -0.25) is 9.80 Å². The van der Waals surface area contributed by atoms with Crippen molar-refractivity contribution in [3.8, 4) is 0 Å². The van der Waals surface area contributed by atoms with Crippen LogP contribution in [0.3, 0.4) is 0 Å². The summed E-state index contributed by atoms with van der Waals surface area (Å²) in [6, 6.07) is 4.14. The first-order valence-corrected chi connectivity index (χ1v) is 10.1. The van der Waals surface area contributed by atoms with Crippen LogP contribution in [0.2, 0.25) is 0 Å². The zero-order chi connectivity index (χ0) is 18.8. The van der Waals surface area contributed by atoms with Crippen LogP contribution < -0.4 is 0 Å². The van der Waals surface area contributed by atoms with E-state index >= 15 is 0 Å². The predicted octanol–water partition coefficient (Wildman–Crippen LogP) is 1.84. The topological polar surface area (TPSA) is 53.6 Å². The van der Waals surface area contributed by atoms with Crippen molar-refractivity contribution >= 4 is 0 Å². The molecule has 2 saturated heterocycles. The van der Waals surface area contributed by atoms with Crippen molar-refractivity contribution in [2.45, 2.75) is 38.8 Å². The smallest absolute Gasteiger partial charge is 0.146 e. The summed E-state index contributed by atoms with van der Waals surface area (Å²) < 4.78 is 7.97. The Morgan fingerprint density at radius 1 is 0.926 bits per heavy atom. The second-order valence-corrected chi connectivity index (χ2v) is 8.18. The average Bonchev–Trinajstić information content (AvgIpc) is 3.24. The Kier molecular flexibility index (Phi) is 5.61. The molecule has 0 radical (unpaired) electrons. The first-order chi connectivity index (χ1) is 13.1. The molecule has 0 spiro atoms. The first-order valence-electron chi connectivity index (χ1n) is 10.1. The molecular formula is C20H32N6O. The van der Waals surface area contributed by atoms with Crippen LogP contribution in [-0.4, -0.2) is 75.8 Å². The monoisotopic (exact) mass is 372 g/mol. The van der Waals surface area contributed by atoms with Gasteiger partial charge < -0.3 is 13.9 Å². The molecule has 27 heavy (non-hydrogen) atoms. The second-order valence-electron chi connectivity index (χ2n) is 8.18. The van der Waals surface area contributed by atoms with Gasteiger partial charge in [0.15, 0.2) is 0 Å². The minimum atomic E-state index is 0.512. The van der Waals surface area contributed by atoms with E-state index in [1.807, 2.05) is 13.0 Å². The van der Waals surface area contributed by atoms with Crippen LogP contribution in [0.25, 0.3) is 0 Å². The van der Waals surface area contributed by atoms with Crippen molar-refractivity contribution in [3.63, 3.8) is 0 Å². The van der Waals surface area contributed by atoms with Crippen LogP contribution in [0.1, 0.15) is 41.9 Å². The van der Waals surface area contributed by atoms with E-state index in [0.29, 0.717) is 5.92 Å². The maximum absolute atomic E-state index is 5.72. The Morgan fingerprint density at radius 3 is 2.30 bits per heavy atom. The van der Waals surface area contributed by atoms with Crippen molar-refractivity contribution in [1.29, 1.82) is 0 Å². The third-order valence-electron chi connectivity index (χ3n) is 6.09. The number of aryl methyl sites for hydroxylation is 1. The van der Waals surface area contributed by atoms with Crippen LogP contribution in [0.5, 0.6) is 0 Å². The number of hydrogen-bond acceptors (Lipinski definition) is 6. The minimum Gasteiger partial charge on any atom is -0.465 e. The van der Waals surface area contributed by atoms with Gasteiger partial charge in [0, 0.05) is 39.1 Å². The Labute approximate surface area is 161 Å². The number of nitrogens with zero attached hydrogens (tertiary/aromatic N) is 6. The first kappa shape index (κ1) is 18.7. The normalized spacial score (nSPS) is 21.1. The average molecular weight is 373 g/mol. The molecular weight excluding hydrogens is 340 g/mol. The largest absolute Gasteiger partial charge is 0.465 e. The van der Waals surface area contributed by atoms with Crippen molar-refractivity contribution in [2.24, 2.45) is 7.05 Å². The van der Waals surface area contributed by atoms with Crippen LogP contribution >= 0.6 is 0 Å². The van der Waals surface area contributed by atoms with E-state index in [-0.39, 0.29) is 0 Å². The lowest BCUT2D eigenvalue weighted by molar-refractivity contribution is 0.144. The van der Waals surface area contributed by atoms with Gasteiger partial charge in [-0.1, -0.05) is 0 Å². The molecule has 2 aromatic rings. The summed E-state index contributed by atoms with van der Waals surface area (Å²) in [5.74, 6) is 4.83. The van der Waals surface area contributed by atoms with Crippen LogP contribution in [0.15, 0.2) is 16.5 Å². The van der Waals surface area contributed by atoms with Gasteiger partial charge in [-0.25, -0.2) is 0 Å². The van der Waals surface area contributed by atoms with Gasteiger partial charge in [-0.15, -0.1) is 10.2 Å².